The number of hydrogen-bond acceptors (Lipinski definition) is 2. The van der Waals surface area contributed by atoms with Gasteiger partial charge in [0, 0.05) is 0 Å². The fourth-order valence-corrected chi connectivity index (χ4v) is 2.44. The van der Waals surface area contributed by atoms with E-state index in [-0.39, 0.29) is 5.38 Å². The van der Waals surface area contributed by atoms with E-state index in [9.17, 15) is 0 Å². The Morgan fingerprint density at radius 2 is 1.75 bits per heavy atom. The highest BCUT2D eigenvalue weighted by Crippen LogP contribution is 2.30. The minimum absolute atomic E-state index is 0.00658. The zero-order valence-electron chi connectivity index (χ0n) is 11.8. The highest BCUT2D eigenvalue weighted by Gasteiger charge is 2.10. The Morgan fingerprint density at radius 1 is 1.00 bits per heavy atom. The lowest BCUT2D eigenvalue weighted by Crippen LogP contribution is -1.97. The van der Waals surface area contributed by atoms with Gasteiger partial charge in [-0.15, -0.1) is 11.6 Å². The molecule has 0 saturated heterocycles. The predicted octanol–water partition coefficient (Wildman–Crippen LogP) is 4.62. The van der Waals surface area contributed by atoms with Gasteiger partial charge in [-0.3, -0.25) is 0 Å². The number of methoxy groups -OCH3 is 2. The molecule has 0 aliphatic rings. The Morgan fingerprint density at radius 3 is 2.40 bits per heavy atom. The second-order valence-electron chi connectivity index (χ2n) is 4.59. The molecule has 2 nitrogen and oxygen atoms in total. The first kappa shape index (κ1) is 14.7. The number of aryl methyl sites for hydroxylation is 1. The fourth-order valence-electron chi connectivity index (χ4n) is 2.19. The molecule has 1 atom stereocenters. The summed E-state index contributed by atoms with van der Waals surface area (Å²) in [6.07, 6.45) is 1.71. The molecular weight excluding hydrogens is 272 g/mol. The Kier molecular flexibility index (Phi) is 5.31. The van der Waals surface area contributed by atoms with Crippen LogP contribution in [0.1, 0.15) is 22.9 Å². The molecule has 0 saturated carbocycles. The van der Waals surface area contributed by atoms with Gasteiger partial charge in [0.1, 0.15) is 11.5 Å². The van der Waals surface area contributed by atoms with Crippen LogP contribution >= 0.6 is 11.6 Å². The molecule has 0 radical (unpaired) electrons. The maximum atomic E-state index is 6.45. The van der Waals surface area contributed by atoms with Crippen molar-refractivity contribution < 1.29 is 9.47 Å². The van der Waals surface area contributed by atoms with Crippen LogP contribution < -0.4 is 9.47 Å². The van der Waals surface area contributed by atoms with Gasteiger partial charge in [-0.1, -0.05) is 30.3 Å². The summed E-state index contributed by atoms with van der Waals surface area (Å²) >= 11 is 6.45. The van der Waals surface area contributed by atoms with Crippen molar-refractivity contribution in [2.45, 2.75) is 18.2 Å². The van der Waals surface area contributed by atoms with Gasteiger partial charge in [-0.05, 0) is 42.2 Å². The molecule has 0 heterocycles. The normalized spacial score (nSPS) is 11.9. The summed E-state index contributed by atoms with van der Waals surface area (Å²) in [6.45, 7) is 0. The molecule has 106 valence electrons. The summed E-state index contributed by atoms with van der Waals surface area (Å²) in [4.78, 5) is 0. The van der Waals surface area contributed by atoms with Crippen LogP contribution in [-0.4, -0.2) is 14.2 Å². The van der Waals surface area contributed by atoms with E-state index in [1.165, 1.54) is 0 Å². The average molecular weight is 291 g/mol. The molecule has 0 aliphatic heterocycles. The van der Waals surface area contributed by atoms with Crippen molar-refractivity contribution in [3.05, 3.63) is 59.7 Å². The third-order valence-electron chi connectivity index (χ3n) is 3.32. The van der Waals surface area contributed by atoms with Crippen molar-refractivity contribution in [2.75, 3.05) is 14.2 Å². The van der Waals surface area contributed by atoms with Gasteiger partial charge in [-0.25, -0.2) is 0 Å². The lowest BCUT2D eigenvalue weighted by atomic mass is 10.0. The molecule has 0 bridgehead atoms. The van der Waals surface area contributed by atoms with Crippen molar-refractivity contribution in [2.24, 2.45) is 0 Å². The lowest BCUT2D eigenvalue weighted by molar-refractivity contribution is 0.398. The minimum Gasteiger partial charge on any atom is -0.497 e. The Bertz CT molecular complexity index is 540. The van der Waals surface area contributed by atoms with Crippen LogP contribution in [0.3, 0.4) is 0 Å². The first-order valence-corrected chi connectivity index (χ1v) is 7.08. The summed E-state index contributed by atoms with van der Waals surface area (Å²) in [5.41, 5.74) is 2.27. The number of ether oxygens (including phenoxy) is 2. The van der Waals surface area contributed by atoms with Crippen molar-refractivity contribution in [3.8, 4) is 11.5 Å². The standard InChI is InChI=1S/C17H19ClO2/c1-19-15-9-11-17(20-2)14(12-15)8-10-16(18)13-6-4-3-5-7-13/h3-7,9,11-12,16H,8,10H2,1-2H3. The monoisotopic (exact) mass is 290 g/mol. The highest BCUT2D eigenvalue weighted by atomic mass is 35.5. The molecule has 0 aromatic heterocycles. The molecule has 3 heteroatoms. The van der Waals surface area contributed by atoms with Crippen LogP contribution in [0.4, 0.5) is 0 Å². The molecule has 2 aromatic carbocycles. The predicted molar refractivity (Wildman–Crippen MR) is 82.9 cm³/mol. The van der Waals surface area contributed by atoms with Crippen LogP contribution in [0.2, 0.25) is 0 Å². The van der Waals surface area contributed by atoms with E-state index in [0.29, 0.717) is 0 Å². The van der Waals surface area contributed by atoms with Crippen LogP contribution in [0.25, 0.3) is 0 Å². The quantitative estimate of drug-likeness (QED) is 0.723. The number of benzene rings is 2. The molecule has 2 aromatic rings. The molecule has 0 aliphatic carbocycles. The largest absolute Gasteiger partial charge is 0.497 e. The Labute approximate surface area is 125 Å². The number of halogens is 1. The Balaban J connectivity index is 2.06. The van der Waals surface area contributed by atoms with E-state index < -0.39 is 0 Å². The summed E-state index contributed by atoms with van der Waals surface area (Å²) < 4.78 is 10.6. The van der Waals surface area contributed by atoms with E-state index >= 15 is 0 Å². The molecule has 0 fully saturated rings. The van der Waals surface area contributed by atoms with Gasteiger partial charge in [0.05, 0.1) is 19.6 Å². The van der Waals surface area contributed by atoms with Crippen molar-refractivity contribution >= 4 is 11.6 Å². The van der Waals surface area contributed by atoms with Crippen LogP contribution in [0, 0.1) is 0 Å². The third kappa shape index (κ3) is 3.67. The summed E-state index contributed by atoms with van der Waals surface area (Å²) in [6, 6.07) is 16.0. The maximum Gasteiger partial charge on any atom is 0.122 e. The van der Waals surface area contributed by atoms with E-state index in [1.807, 2.05) is 36.4 Å². The molecule has 0 amide bonds. The zero-order chi connectivity index (χ0) is 14.4. The molecule has 0 N–H and O–H groups in total. The number of rotatable bonds is 6. The van der Waals surface area contributed by atoms with E-state index in [2.05, 4.69) is 12.1 Å². The molecule has 0 spiro atoms. The second kappa shape index (κ2) is 7.20. The second-order valence-corrected chi connectivity index (χ2v) is 5.12. The van der Waals surface area contributed by atoms with E-state index in [0.717, 1.165) is 35.5 Å². The topological polar surface area (TPSA) is 18.5 Å². The van der Waals surface area contributed by atoms with Crippen LogP contribution in [0.15, 0.2) is 48.5 Å². The first-order chi connectivity index (χ1) is 9.74. The average Bonchev–Trinajstić information content (AvgIpc) is 2.53. The van der Waals surface area contributed by atoms with Gasteiger partial charge < -0.3 is 9.47 Å². The summed E-state index contributed by atoms with van der Waals surface area (Å²) in [7, 11) is 3.35. The minimum atomic E-state index is 0.00658. The smallest absolute Gasteiger partial charge is 0.122 e. The van der Waals surface area contributed by atoms with E-state index in [4.69, 9.17) is 21.1 Å². The molecule has 2 rings (SSSR count). The summed E-state index contributed by atoms with van der Waals surface area (Å²) in [5.74, 6) is 1.72. The third-order valence-corrected chi connectivity index (χ3v) is 3.79. The maximum absolute atomic E-state index is 6.45. The van der Waals surface area contributed by atoms with Crippen molar-refractivity contribution in [1.29, 1.82) is 0 Å². The van der Waals surface area contributed by atoms with Gasteiger partial charge in [-0.2, -0.15) is 0 Å². The highest BCUT2D eigenvalue weighted by molar-refractivity contribution is 6.20. The fraction of sp³-hybridized carbons (Fsp3) is 0.294. The summed E-state index contributed by atoms with van der Waals surface area (Å²) in [5, 5.41) is 0.00658. The molecule has 20 heavy (non-hydrogen) atoms. The molecular formula is C17H19ClO2. The Hall–Kier alpha value is -1.67. The van der Waals surface area contributed by atoms with Gasteiger partial charge in [0.25, 0.3) is 0 Å². The number of hydrogen-bond donors (Lipinski definition) is 0. The van der Waals surface area contributed by atoms with Crippen molar-refractivity contribution in [3.63, 3.8) is 0 Å². The van der Waals surface area contributed by atoms with Crippen LogP contribution in [0.5, 0.6) is 11.5 Å². The van der Waals surface area contributed by atoms with Gasteiger partial charge >= 0.3 is 0 Å². The first-order valence-electron chi connectivity index (χ1n) is 6.64. The SMILES string of the molecule is COc1ccc(OC)c(CCC(Cl)c2ccccc2)c1. The number of alkyl halides is 1. The van der Waals surface area contributed by atoms with Crippen molar-refractivity contribution in [1.82, 2.24) is 0 Å². The lowest BCUT2D eigenvalue weighted by Gasteiger charge is -2.13. The zero-order valence-corrected chi connectivity index (χ0v) is 12.6. The van der Waals surface area contributed by atoms with Crippen LogP contribution in [-0.2, 0) is 6.42 Å². The molecule has 1 unspecified atom stereocenters. The van der Waals surface area contributed by atoms with Gasteiger partial charge in [0.2, 0.25) is 0 Å². The van der Waals surface area contributed by atoms with E-state index in [1.54, 1.807) is 14.2 Å². The van der Waals surface area contributed by atoms with Gasteiger partial charge in [0.15, 0.2) is 0 Å².